The first kappa shape index (κ1) is 15.5. The van der Waals surface area contributed by atoms with E-state index in [-0.39, 0.29) is 17.7 Å². The molecule has 19 heavy (non-hydrogen) atoms. The number of aryl methyl sites for hydroxylation is 1. The van der Waals surface area contributed by atoms with Gasteiger partial charge in [0.15, 0.2) is 0 Å². The SMILES string of the molecule is CCCC(N)C(=O)NC(C)CCc1ccc(O)cc1. The van der Waals surface area contributed by atoms with Crippen LogP contribution in [0.3, 0.4) is 0 Å². The number of amides is 1. The first-order valence-electron chi connectivity index (χ1n) is 6.86. The number of phenolic OH excluding ortho intramolecular Hbond substituents is 1. The van der Waals surface area contributed by atoms with Gasteiger partial charge in [-0.3, -0.25) is 4.79 Å². The van der Waals surface area contributed by atoms with E-state index in [4.69, 9.17) is 5.73 Å². The third kappa shape index (κ3) is 5.75. The van der Waals surface area contributed by atoms with Crippen molar-refractivity contribution < 1.29 is 9.90 Å². The van der Waals surface area contributed by atoms with E-state index in [2.05, 4.69) is 5.32 Å². The van der Waals surface area contributed by atoms with Crippen molar-refractivity contribution in [3.8, 4) is 5.75 Å². The minimum absolute atomic E-state index is 0.0694. The Balaban J connectivity index is 2.33. The second-order valence-electron chi connectivity index (χ2n) is 5.01. The van der Waals surface area contributed by atoms with Gasteiger partial charge in [-0.1, -0.05) is 25.5 Å². The van der Waals surface area contributed by atoms with Gasteiger partial charge in [0.1, 0.15) is 5.75 Å². The fraction of sp³-hybridized carbons (Fsp3) is 0.533. The zero-order valence-corrected chi connectivity index (χ0v) is 11.7. The van der Waals surface area contributed by atoms with Crippen LogP contribution in [-0.2, 0) is 11.2 Å². The fourth-order valence-electron chi connectivity index (χ4n) is 1.91. The Morgan fingerprint density at radius 3 is 2.53 bits per heavy atom. The largest absolute Gasteiger partial charge is 0.508 e. The number of hydrogen-bond donors (Lipinski definition) is 3. The predicted molar refractivity (Wildman–Crippen MR) is 76.9 cm³/mol. The second kappa shape index (κ2) is 7.79. The monoisotopic (exact) mass is 264 g/mol. The summed E-state index contributed by atoms with van der Waals surface area (Å²) in [5.41, 5.74) is 6.91. The van der Waals surface area contributed by atoms with Crippen molar-refractivity contribution in [2.45, 2.75) is 51.6 Å². The van der Waals surface area contributed by atoms with Gasteiger partial charge in [0.2, 0.25) is 5.91 Å². The number of carbonyl (C=O) groups excluding carboxylic acids is 1. The summed E-state index contributed by atoms with van der Waals surface area (Å²) in [6, 6.07) is 6.84. The van der Waals surface area contributed by atoms with Crippen molar-refractivity contribution in [2.24, 2.45) is 5.73 Å². The van der Waals surface area contributed by atoms with Gasteiger partial charge >= 0.3 is 0 Å². The van der Waals surface area contributed by atoms with Crippen LogP contribution in [0, 0.1) is 0 Å². The van der Waals surface area contributed by atoms with Crippen molar-refractivity contribution >= 4 is 5.91 Å². The molecule has 1 amide bonds. The summed E-state index contributed by atoms with van der Waals surface area (Å²) in [5.74, 6) is 0.204. The normalized spacial score (nSPS) is 13.8. The number of carbonyl (C=O) groups is 1. The molecule has 2 atom stereocenters. The van der Waals surface area contributed by atoms with Crippen LogP contribution in [0.15, 0.2) is 24.3 Å². The van der Waals surface area contributed by atoms with Gasteiger partial charge in [-0.05, 0) is 43.9 Å². The Morgan fingerprint density at radius 2 is 1.95 bits per heavy atom. The topological polar surface area (TPSA) is 75.4 Å². The quantitative estimate of drug-likeness (QED) is 0.704. The Hall–Kier alpha value is -1.55. The van der Waals surface area contributed by atoms with E-state index in [1.165, 1.54) is 0 Å². The highest BCUT2D eigenvalue weighted by atomic mass is 16.3. The number of phenols is 1. The van der Waals surface area contributed by atoms with Gasteiger partial charge in [0, 0.05) is 6.04 Å². The van der Waals surface area contributed by atoms with Crippen LogP contribution < -0.4 is 11.1 Å². The Labute approximate surface area is 115 Å². The summed E-state index contributed by atoms with van der Waals surface area (Å²) in [7, 11) is 0. The number of nitrogens with one attached hydrogen (secondary N) is 1. The van der Waals surface area contributed by atoms with Gasteiger partial charge in [0.25, 0.3) is 0 Å². The van der Waals surface area contributed by atoms with Crippen molar-refractivity contribution in [1.82, 2.24) is 5.32 Å². The van der Waals surface area contributed by atoms with Crippen LogP contribution in [0.5, 0.6) is 5.75 Å². The van der Waals surface area contributed by atoms with Crippen LogP contribution in [0.2, 0.25) is 0 Å². The molecule has 1 aromatic carbocycles. The van der Waals surface area contributed by atoms with E-state index < -0.39 is 6.04 Å². The summed E-state index contributed by atoms with van der Waals surface area (Å²) in [5, 5.41) is 12.1. The highest BCUT2D eigenvalue weighted by molar-refractivity contribution is 5.81. The second-order valence-corrected chi connectivity index (χ2v) is 5.01. The molecule has 0 radical (unpaired) electrons. The van der Waals surface area contributed by atoms with Crippen LogP contribution in [0.4, 0.5) is 0 Å². The summed E-state index contributed by atoms with van der Waals surface area (Å²) in [6.45, 7) is 4.00. The van der Waals surface area contributed by atoms with E-state index in [0.29, 0.717) is 0 Å². The average Bonchev–Trinajstić information content (AvgIpc) is 2.38. The molecule has 0 aliphatic heterocycles. The number of nitrogens with two attached hydrogens (primary N) is 1. The minimum Gasteiger partial charge on any atom is -0.508 e. The van der Waals surface area contributed by atoms with Crippen molar-refractivity contribution in [2.75, 3.05) is 0 Å². The van der Waals surface area contributed by atoms with Crippen LogP contribution in [0.1, 0.15) is 38.7 Å². The summed E-state index contributed by atoms with van der Waals surface area (Å²) in [6.07, 6.45) is 3.35. The maximum atomic E-state index is 11.7. The van der Waals surface area contributed by atoms with E-state index in [9.17, 15) is 9.90 Å². The van der Waals surface area contributed by atoms with Crippen molar-refractivity contribution in [1.29, 1.82) is 0 Å². The molecule has 1 rings (SSSR count). The number of benzene rings is 1. The molecule has 2 unspecified atom stereocenters. The van der Waals surface area contributed by atoms with Crippen LogP contribution in [-0.4, -0.2) is 23.1 Å². The number of aromatic hydroxyl groups is 1. The Bertz CT molecular complexity index is 390. The number of rotatable bonds is 7. The number of hydrogen-bond acceptors (Lipinski definition) is 3. The van der Waals surface area contributed by atoms with Gasteiger partial charge in [-0.15, -0.1) is 0 Å². The first-order valence-corrected chi connectivity index (χ1v) is 6.86. The van der Waals surface area contributed by atoms with Gasteiger partial charge in [-0.2, -0.15) is 0 Å². The Morgan fingerprint density at radius 1 is 1.32 bits per heavy atom. The third-order valence-electron chi connectivity index (χ3n) is 3.13. The van der Waals surface area contributed by atoms with E-state index >= 15 is 0 Å². The summed E-state index contributed by atoms with van der Waals surface area (Å²) in [4.78, 5) is 11.7. The molecule has 0 saturated carbocycles. The van der Waals surface area contributed by atoms with E-state index in [0.717, 1.165) is 31.2 Å². The van der Waals surface area contributed by atoms with Crippen molar-refractivity contribution in [3.05, 3.63) is 29.8 Å². The highest BCUT2D eigenvalue weighted by Gasteiger charge is 2.14. The van der Waals surface area contributed by atoms with Gasteiger partial charge in [-0.25, -0.2) is 0 Å². The molecule has 1 aromatic rings. The van der Waals surface area contributed by atoms with Crippen LogP contribution in [0.25, 0.3) is 0 Å². The molecule has 4 nitrogen and oxygen atoms in total. The van der Waals surface area contributed by atoms with Gasteiger partial charge < -0.3 is 16.2 Å². The molecule has 0 saturated heterocycles. The summed E-state index contributed by atoms with van der Waals surface area (Å²) >= 11 is 0. The van der Waals surface area contributed by atoms with Gasteiger partial charge in [0.05, 0.1) is 6.04 Å². The standard InChI is InChI=1S/C15H24N2O2/c1-3-4-14(16)15(19)17-11(2)5-6-12-7-9-13(18)10-8-12/h7-11,14,18H,3-6,16H2,1-2H3,(H,17,19). The zero-order valence-electron chi connectivity index (χ0n) is 11.7. The van der Waals surface area contributed by atoms with Crippen LogP contribution >= 0.6 is 0 Å². The third-order valence-corrected chi connectivity index (χ3v) is 3.13. The molecule has 4 heteroatoms. The Kier molecular flexibility index (Phi) is 6.36. The molecule has 106 valence electrons. The molecule has 0 aliphatic rings. The molecule has 0 spiro atoms. The first-order chi connectivity index (χ1) is 9.02. The smallest absolute Gasteiger partial charge is 0.237 e. The summed E-state index contributed by atoms with van der Waals surface area (Å²) < 4.78 is 0. The molecule has 0 aromatic heterocycles. The average molecular weight is 264 g/mol. The molecule has 0 bridgehead atoms. The van der Waals surface area contributed by atoms with E-state index in [1.54, 1.807) is 12.1 Å². The lowest BCUT2D eigenvalue weighted by molar-refractivity contribution is -0.123. The van der Waals surface area contributed by atoms with E-state index in [1.807, 2.05) is 26.0 Å². The molecule has 0 fully saturated rings. The van der Waals surface area contributed by atoms with Crippen molar-refractivity contribution in [3.63, 3.8) is 0 Å². The maximum absolute atomic E-state index is 11.7. The molecular weight excluding hydrogens is 240 g/mol. The minimum atomic E-state index is -0.402. The predicted octanol–water partition coefficient (Wildman–Crippen LogP) is 1.96. The zero-order chi connectivity index (χ0) is 14.3. The molecule has 4 N–H and O–H groups in total. The molecular formula is C15H24N2O2. The lowest BCUT2D eigenvalue weighted by Crippen LogP contribution is -2.44. The fourth-order valence-corrected chi connectivity index (χ4v) is 1.91. The lowest BCUT2D eigenvalue weighted by Gasteiger charge is -2.17. The molecule has 0 aliphatic carbocycles. The molecule has 0 heterocycles. The maximum Gasteiger partial charge on any atom is 0.237 e. The lowest BCUT2D eigenvalue weighted by atomic mass is 10.1. The highest BCUT2D eigenvalue weighted by Crippen LogP contribution is 2.12.